The molecule has 46 valence electrons. The summed E-state index contributed by atoms with van der Waals surface area (Å²) >= 11 is 0. The van der Waals surface area contributed by atoms with E-state index in [4.69, 9.17) is 4.74 Å². The van der Waals surface area contributed by atoms with E-state index in [1.54, 1.807) is 6.26 Å². The topological polar surface area (TPSA) is 15.7 Å². The summed E-state index contributed by atoms with van der Waals surface area (Å²) in [5.74, 6) is 0. The second-order valence-electron chi connectivity index (χ2n) is 1.87. The molecule has 0 aliphatic carbocycles. The summed E-state index contributed by atoms with van der Waals surface area (Å²) < 4.78 is 4.92. The second kappa shape index (κ2) is 2.05. The van der Waals surface area contributed by atoms with Gasteiger partial charge in [0.25, 0.3) is 0 Å². The molecule has 0 bridgehead atoms. The normalized spacial score (nSPS) is 17.6. The quantitative estimate of drug-likeness (QED) is 0.485. The van der Waals surface area contributed by atoms with Crippen molar-refractivity contribution in [3.63, 3.8) is 0 Å². The largest absolute Gasteiger partial charge is 0.478 e. The Labute approximate surface area is 49.1 Å². The number of hydrazine groups is 1. The number of nitrogens with zero attached hydrogens (tertiary/aromatic N) is 2. The second-order valence-corrected chi connectivity index (χ2v) is 1.87. The molecule has 1 aliphatic heterocycles. The zero-order chi connectivity index (χ0) is 5.98. The van der Waals surface area contributed by atoms with Crippen LogP contribution in [-0.4, -0.2) is 30.8 Å². The lowest BCUT2D eigenvalue weighted by molar-refractivity contribution is 0.0216. The van der Waals surface area contributed by atoms with E-state index in [2.05, 4.69) is 0 Å². The summed E-state index contributed by atoms with van der Waals surface area (Å²) in [4.78, 5) is 0. The third-order valence-electron chi connectivity index (χ3n) is 1.05. The van der Waals surface area contributed by atoms with Crippen molar-refractivity contribution < 1.29 is 4.74 Å². The summed E-state index contributed by atoms with van der Waals surface area (Å²) in [6.45, 7) is 0.646. The average molecular weight is 114 g/mol. The van der Waals surface area contributed by atoms with E-state index in [0.717, 1.165) is 0 Å². The van der Waals surface area contributed by atoms with E-state index < -0.39 is 0 Å². The molecule has 0 saturated carbocycles. The van der Waals surface area contributed by atoms with Gasteiger partial charge in [-0.05, 0) is 0 Å². The lowest BCUT2D eigenvalue weighted by atomic mass is 10.9. The van der Waals surface area contributed by atoms with E-state index in [1.165, 1.54) is 0 Å². The van der Waals surface area contributed by atoms with Gasteiger partial charge in [0, 0.05) is 14.1 Å². The molecule has 0 amide bonds. The summed E-state index contributed by atoms with van der Waals surface area (Å²) in [5.41, 5.74) is 0. The standard InChI is InChI=1S/C5H10N2O/c1-6(2)7-3-4-8-5-7/h3-4H,5H2,1-2H3. The third-order valence-corrected chi connectivity index (χ3v) is 1.05. The molecule has 0 saturated heterocycles. The molecular formula is C5H10N2O. The fraction of sp³-hybridized carbons (Fsp3) is 0.600. The Bertz CT molecular complexity index is 101. The van der Waals surface area contributed by atoms with Crippen molar-refractivity contribution in [3.8, 4) is 0 Å². The van der Waals surface area contributed by atoms with Crippen LogP contribution in [0.25, 0.3) is 0 Å². The van der Waals surface area contributed by atoms with Crippen LogP contribution in [0.5, 0.6) is 0 Å². The van der Waals surface area contributed by atoms with Crippen LogP contribution in [0.4, 0.5) is 0 Å². The van der Waals surface area contributed by atoms with Gasteiger partial charge in [-0.1, -0.05) is 0 Å². The van der Waals surface area contributed by atoms with Gasteiger partial charge in [-0.3, -0.25) is 5.01 Å². The molecule has 8 heavy (non-hydrogen) atoms. The SMILES string of the molecule is CN(C)N1C=COC1. The zero-order valence-electron chi connectivity index (χ0n) is 5.16. The van der Waals surface area contributed by atoms with E-state index in [9.17, 15) is 0 Å². The Morgan fingerprint density at radius 3 is 2.62 bits per heavy atom. The van der Waals surface area contributed by atoms with E-state index in [0.29, 0.717) is 6.73 Å². The van der Waals surface area contributed by atoms with E-state index in [1.807, 2.05) is 30.3 Å². The lowest BCUT2D eigenvalue weighted by Crippen LogP contribution is -2.30. The van der Waals surface area contributed by atoms with Crippen molar-refractivity contribution in [2.45, 2.75) is 0 Å². The van der Waals surface area contributed by atoms with Crippen LogP contribution in [-0.2, 0) is 4.74 Å². The number of rotatable bonds is 1. The van der Waals surface area contributed by atoms with Gasteiger partial charge in [-0.15, -0.1) is 0 Å². The van der Waals surface area contributed by atoms with Gasteiger partial charge in [-0.25, -0.2) is 5.01 Å². The Kier molecular flexibility index (Phi) is 1.39. The minimum Gasteiger partial charge on any atom is -0.478 e. The Hall–Kier alpha value is -0.700. The molecule has 3 nitrogen and oxygen atoms in total. The van der Waals surface area contributed by atoms with Crippen molar-refractivity contribution in [2.75, 3.05) is 20.8 Å². The predicted molar refractivity (Wildman–Crippen MR) is 30.6 cm³/mol. The van der Waals surface area contributed by atoms with Crippen molar-refractivity contribution in [1.82, 2.24) is 10.0 Å². The van der Waals surface area contributed by atoms with Crippen LogP contribution < -0.4 is 0 Å². The molecule has 0 atom stereocenters. The van der Waals surface area contributed by atoms with Gasteiger partial charge in [0.05, 0.1) is 6.20 Å². The molecule has 0 unspecified atom stereocenters. The predicted octanol–water partition coefficient (Wildman–Crippen LogP) is 0.224. The Morgan fingerprint density at radius 2 is 2.38 bits per heavy atom. The average Bonchev–Trinajstić information content (AvgIpc) is 2.12. The van der Waals surface area contributed by atoms with Crippen molar-refractivity contribution in [2.24, 2.45) is 0 Å². The molecule has 0 spiro atoms. The molecule has 0 N–H and O–H groups in total. The molecule has 0 aromatic rings. The van der Waals surface area contributed by atoms with Gasteiger partial charge in [0.2, 0.25) is 0 Å². The van der Waals surface area contributed by atoms with Gasteiger partial charge in [-0.2, -0.15) is 0 Å². The fourth-order valence-electron chi connectivity index (χ4n) is 0.525. The summed E-state index contributed by atoms with van der Waals surface area (Å²) in [5, 5.41) is 3.92. The van der Waals surface area contributed by atoms with Gasteiger partial charge in [0.15, 0.2) is 6.73 Å². The molecule has 1 rings (SSSR count). The number of ether oxygens (including phenoxy) is 1. The minimum atomic E-state index is 0.646. The maximum absolute atomic E-state index is 4.92. The van der Waals surface area contributed by atoms with Crippen LogP contribution in [0, 0.1) is 0 Å². The van der Waals surface area contributed by atoms with Gasteiger partial charge in [0.1, 0.15) is 6.26 Å². The Balaban J connectivity index is 2.36. The molecule has 3 heteroatoms. The summed E-state index contributed by atoms with van der Waals surface area (Å²) in [6, 6.07) is 0. The molecule has 0 radical (unpaired) electrons. The summed E-state index contributed by atoms with van der Waals surface area (Å²) in [6.07, 6.45) is 3.57. The first-order valence-corrected chi connectivity index (χ1v) is 2.53. The molecule has 0 aromatic heterocycles. The van der Waals surface area contributed by atoms with Crippen LogP contribution in [0.2, 0.25) is 0 Å². The molecule has 0 aromatic carbocycles. The van der Waals surface area contributed by atoms with Crippen LogP contribution in [0.15, 0.2) is 12.5 Å². The van der Waals surface area contributed by atoms with E-state index >= 15 is 0 Å². The monoisotopic (exact) mass is 114 g/mol. The number of hydrogen-bond acceptors (Lipinski definition) is 3. The van der Waals surface area contributed by atoms with Crippen LogP contribution in [0.3, 0.4) is 0 Å². The smallest absolute Gasteiger partial charge is 0.173 e. The molecule has 1 heterocycles. The minimum absolute atomic E-state index is 0.646. The molecule has 0 fully saturated rings. The van der Waals surface area contributed by atoms with Gasteiger partial charge < -0.3 is 4.74 Å². The maximum atomic E-state index is 4.92. The van der Waals surface area contributed by atoms with E-state index in [-0.39, 0.29) is 0 Å². The van der Waals surface area contributed by atoms with Crippen LogP contribution >= 0.6 is 0 Å². The number of hydrogen-bond donors (Lipinski definition) is 0. The van der Waals surface area contributed by atoms with Crippen molar-refractivity contribution in [1.29, 1.82) is 0 Å². The van der Waals surface area contributed by atoms with Crippen LogP contribution in [0.1, 0.15) is 0 Å². The highest BCUT2D eigenvalue weighted by atomic mass is 16.5. The van der Waals surface area contributed by atoms with Crippen molar-refractivity contribution in [3.05, 3.63) is 12.5 Å². The summed E-state index contributed by atoms with van der Waals surface area (Å²) in [7, 11) is 3.94. The van der Waals surface area contributed by atoms with Crippen molar-refractivity contribution >= 4 is 0 Å². The molecule has 1 aliphatic rings. The molecular weight excluding hydrogens is 104 g/mol. The highest BCUT2D eigenvalue weighted by Crippen LogP contribution is 2.00. The van der Waals surface area contributed by atoms with Gasteiger partial charge >= 0.3 is 0 Å². The first-order valence-electron chi connectivity index (χ1n) is 2.53. The first kappa shape index (κ1) is 5.44. The Morgan fingerprint density at radius 1 is 1.62 bits per heavy atom. The highest BCUT2D eigenvalue weighted by molar-refractivity contribution is 4.76. The lowest BCUT2D eigenvalue weighted by Gasteiger charge is -2.20. The third kappa shape index (κ3) is 0.924. The zero-order valence-corrected chi connectivity index (χ0v) is 5.16. The maximum Gasteiger partial charge on any atom is 0.173 e. The fourth-order valence-corrected chi connectivity index (χ4v) is 0.525. The highest BCUT2D eigenvalue weighted by Gasteiger charge is 2.04. The first-order chi connectivity index (χ1) is 3.80.